The zero-order valence-corrected chi connectivity index (χ0v) is 11.5. The van der Waals surface area contributed by atoms with Gasteiger partial charge in [0, 0.05) is 6.54 Å². The van der Waals surface area contributed by atoms with Gasteiger partial charge in [0.05, 0.1) is 13.2 Å². The highest BCUT2D eigenvalue weighted by Crippen LogP contribution is 2.41. The second-order valence-electron chi connectivity index (χ2n) is 4.54. The van der Waals surface area contributed by atoms with Gasteiger partial charge in [0.1, 0.15) is 6.04 Å². The van der Waals surface area contributed by atoms with Crippen LogP contribution in [-0.4, -0.2) is 25.9 Å². The van der Waals surface area contributed by atoms with Crippen LogP contribution in [0.2, 0.25) is 0 Å². The van der Waals surface area contributed by atoms with Crippen molar-refractivity contribution in [1.82, 2.24) is 5.32 Å². The fourth-order valence-electron chi connectivity index (χ4n) is 2.39. The standard InChI is InChI=1S/C14H18F3NO2/c1-3-19-11-7-9-5-6-18-13(14(15,16)17)10(9)8-12(11)20-4-2/h7-8,13,18H,3-6H2,1-2H3. The van der Waals surface area contributed by atoms with Crippen LogP contribution in [0.3, 0.4) is 0 Å². The van der Waals surface area contributed by atoms with Gasteiger partial charge < -0.3 is 14.8 Å². The quantitative estimate of drug-likeness (QED) is 0.923. The maximum absolute atomic E-state index is 13.1. The third-order valence-corrected chi connectivity index (χ3v) is 3.19. The topological polar surface area (TPSA) is 30.5 Å². The lowest BCUT2D eigenvalue weighted by Gasteiger charge is -2.29. The number of alkyl halides is 3. The summed E-state index contributed by atoms with van der Waals surface area (Å²) >= 11 is 0. The number of fused-ring (bicyclic) bond motifs is 1. The number of nitrogens with one attached hydrogen (secondary N) is 1. The summed E-state index contributed by atoms with van der Waals surface area (Å²) < 4.78 is 50.0. The van der Waals surface area contributed by atoms with Crippen LogP contribution >= 0.6 is 0 Å². The Kier molecular flexibility index (Phi) is 4.42. The summed E-state index contributed by atoms with van der Waals surface area (Å²) in [4.78, 5) is 0. The molecule has 0 saturated heterocycles. The van der Waals surface area contributed by atoms with Crippen LogP contribution in [0.4, 0.5) is 13.2 Å². The number of benzene rings is 1. The number of halogens is 3. The highest BCUT2D eigenvalue weighted by Gasteiger charge is 2.43. The molecule has 0 fully saturated rings. The molecule has 20 heavy (non-hydrogen) atoms. The van der Waals surface area contributed by atoms with Crippen LogP contribution in [0.15, 0.2) is 12.1 Å². The summed E-state index contributed by atoms with van der Waals surface area (Å²) in [6.07, 6.45) is -3.76. The van der Waals surface area contributed by atoms with E-state index >= 15 is 0 Å². The molecular formula is C14H18F3NO2. The molecule has 1 unspecified atom stereocenters. The molecule has 0 bridgehead atoms. The Balaban J connectivity index is 2.45. The van der Waals surface area contributed by atoms with Gasteiger partial charge in [-0.1, -0.05) is 0 Å². The summed E-state index contributed by atoms with van der Waals surface area (Å²) in [5, 5.41) is 2.51. The average molecular weight is 289 g/mol. The van der Waals surface area contributed by atoms with Gasteiger partial charge in [0.15, 0.2) is 11.5 Å². The first kappa shape index (κ1) is 15.0. The van der Waals surface area contributed by atoms with Gasteiger partial charge >= 0.3 is 6.18 Å². The molecule has 6 heteroatoms. The van der Waals surface area contributed by atoms with Crippen molar-refractivity contribution in [3.05, 3.63) is 23.3 Å². The lowest BCUT2D eigenvalue weighted by Crippen LogP contribution is -2.39. The van der Waals surface area contributed by atoms with Crippen LogP contribution in [0, 0.1) is 0 Å². The zero-order valence-electron chi connectivity index (χ0n) is 11.5. The van der Waals surface area contributed by atoms with Crippen molar-refractivity contribution in [3.8, 4) is 11.5 Å². The molecule has 0 spiro atoms. The van der Waals surface area contributed by atoms with Crippen molar-refractivity contribution >= 4 is 0 Å². The lowest BCUT2D eigenvalue weighted by molar-refractivity contribution is -0.158. The minimum atomic E-state index is -4.31. The van der Waals surface area contributed by atoms with Gasteiger partial charge in [0.2, 0.25) is 0 Å². The Morgan fingerprint density at radius 2 is 1.75 bits per heavy atom. The predicted octanol–water partition coefficient (Wildman–Crippen LogP) is 3.23. The molecule has 0 radical (unpaired) electrons. The monoisotopic (exact) mass is 289 g/mol. The highest BCUT2D eigenvalue weighted by molar-refractivity contribution is 5.49. The Bertz CT molecular complexity index is 474. The van der Waals surface area contributed by atoms with Crippen molar-refractivity contribution in [2.24, 2.45) is 0 Å². The Hall–Kier alpha value is -1.43. The summed E-state index contributed by atoms with van der Waals surface area (Å²) in [5.74, 6) is 0.877. The van der Waals surface area contributed by atoms with E-state index in [2.05, 4.69) is 5.32 Å². The third kappa shape index (κ3) is 3.00. The van der Waals surface area contributed by atoms with Gasteiger partial charge in [-0.3, -0.25) is 0 Å². The summed E-state index contributed by atoms with van der Waals surface area (Å²) in [6, 6.07) is 1.48. The maximum Gasteiger partial charge on any atom is 0.407 e. The molecule has 2 rings (SSSR count). The van der Waals surface area contributed by atoms with E-state index in [1.165, 1.54) is 6.07 Å². The summed E-state index contributed by atoms with van der Waals surface area (Å²) in [6.45, 7) is 4.74. The molecule has 112 valence electrons. The van der Waals surface area contributed by atoms with Crippen molar-refractivity contribution < 1.29 is 22.6 Å². The summed E-state index contributed by atoms with van der Waals surface area (Å²) in [7, 11) is 0. The Labute approximate surface area is 116 Å². The van der Waals surface area contributed by atoms with Crippen LogP contribution < -0.4 is 14.8 Å². The third-order valence-electron chi connectivity index (χ3n) is 3.19. The van der Waals surface area contributed by atoms with Gasteiger partial charge in [-0.05, 0) is 43.5 Å². The molecule has 0 saturated carbocycles. The second-order valence-corrected chi connectivity index (χ2v) is 4.54. The molecule has 1 atom stereocenters. The molecule has 0 aromatic heterocycles. The molecular weight excluding hydrogens is 271 g/mol. The van der Waals surface area contributed by atoms with Crippen molar-refractivity contribution in [2.45, 2.75) is 32.5 Å². The average Bonchev–Trinajstić information content (AvgIpc) is 2.38. The molecule has 0 amide bonds. The first-order chi connectivity index (χ1) is 9.47. The molecule has 1 heterocycles. The normalized spacial score (nSPS) is 18.6. The maximum atomic E-state index is 13.1. The minimum Gasteiger partial charge on any atom is -0.490 e. The molecule has 0 aliphatic carbocycles. The Morgan fingerprint density at radius 3 is 2.30 bits per heavy atom. The van der Waals surface area contributed by atoms with Gasteiger partial charge in [-0.2, -0.15) is 13.2 Å². The number of ether oxygens (including phenoxy) is 2. The van der Waals surface area contributed by atoms with Crippen molar-refractivity contribution in [3.63, 3.8) is 0 Å². The Morgan fingerprint density at radius 1 is 1.15 bits per heavy atom. The van der Waals surface area contributed by atoms with Crippen molar-refractivity contribution in [2.75, 3.05) is 19.8 Å². The van der Waals surface area contributed by atoms with Gasteiger partial charge in [0.25, 0.3) is 0 Å². The second kappa shape index (κ2) is 5.91. The van der Waals surface area contributed by atoms with Gasteiger partial charge in [-0.25, -0.2) is 0 Å². The first-order valence-electron chi connectivity index (χ1n) is 6.69. The van der Waals surface area contributed by atoms with E-state index in [9.17, 15) is 13.2 Å². The highest BCUT2D eigenvalue weighted by atomic mass is 19.4. The van der Waals surface area contributed by atoms with Crippen LogP contribution in [-0.2, 0) is 6.42 Å². The molecule has 1 aliphatic heterocycles. The fourth-order valence-corrected chi connectivity index (χ4v) is 2.39. The van der Waals surface area contributed by atoms with Crippen LogP contribution in [0.25, 0.3) is 0 Å². The first-order valence-corrected chi connectivity index (χ1v) is 6.69. The number of hydrogen-bond acceptors (Lipinski definition) is 3. The van der Waals surface area contributed by atoms with Gasteiger partial charge in [-0.15, -0.1) is 0 Å². The molecule has 1 aromatic rings. The number of hydrogen-bond donors (Lipinski definition) is 1. The molecule has 1 aromatic carbocycles. The molecule has 1 N–H and O–H groups in total. The minimum absolute atomic E-state index is 0.232. The fraction of sp³-hybridized carbons (Fsp3) is 0.571. The van der Waals surface area contributed by atoms with E-state index < -0.39 is 12.2 Å². The largest absolute Gasteiger partial charge is 0.490 e. The predicted molar refractivity (Wildman–Crippen MR) is 69.3 cm³/mol. The van der Waals surface area contributed by atoms with E-state index in [0.717, 1.165) is 0 Å². The zero-order chi connectivity index (χ0) is 14.8. The molecule has 1 aliphatic rings. The lowest BCUT2D eigenvalue weighted by atomic mass is 9.93. The van der Waals surface area contributed by atoms with Crippen LogP contribution in [0.1, 0.15) is 31.0 Å². The van der Waals surface area contributed by atoms with Crippen LogP contribution in [0.5, 0.6) is 11.5 Å². The summed E-state index contributed by atoms with van der Waals surface area (Å²) in [5.41, 5.74) is 0.897. The van der Waals surface area contributed by atoms with E-state index in [-0.39, 0.29) is 5.56 Å². The van der Waals surface area contributed by atoms with E-state index in [1.807, 2.05) is 6.92 Å². The smallest absolute Gasteiger partial charge is 0.407 e. The molecule has 3 nitrogen and oxygen atoms in total. The number of rotatable bonds is 4. The van der Waals surface area contributed by atoms with E-state index in [1.54, 1.807) is 13.0 Å². The van der Waals surface area contributed by atoms with Crippen molar-refractivity contribution in [1.29, 1.82) is 0 Å². The van der Waals surface area contributed by atoms with E-state index in [0.29, 0.717) is 43.2 Å². The van der Waals surface area contributed by atoms with E-state index in [4.69, 9.17) is 9.47 Å². The SMILES string of the molecule is CCOc1cc2c(cc1OCC)C(C(F)(F)F)NCC2.